The Morgan fingerprint density at radius 1 is 1.28 bits per heavy atom. The third-order valence-electron chi connectivity index (χ3n) is 2.45. The summed E-state index contributed by atoms with van der Waals surface area (Å²) in [4.78, 5) is 12.3. The van der Waals surface area contributed by atoms with E-state index in [0.717, 1.165) is 11.1 Å². The number of aromatic nitrogens is 2. The molecule has 0 N–H and O–H groups in total. The molecule has 0 fully saturated rings. The normalized spacial score (nSPS) is 10.2. The van der Waals surface area contributed by atoms with Gasteiger partial charge in [-0.15, -0.1) is 0 Å². The molecule has 0 radical (unpaired) electrons. The number of nitrogens with zero attached hydrogens (tertiary/aromatic N) is 3. The largest absolute Gasteiger partial charge is 0.436 e. The summed E-state index contributed by atoms with van der Waals surface area (Å²) in [6.07, 6.45) is 3.42. The predicted molar refractivity (Wildman–Crippen MR) is 71.9 cm³/mol. The Labute approximate surface area is 108 Å². The summed E-state index contributed by atoms with van der Waals surface area (Å²) in [6, 6.07) is 9.16. The molecule has 3 rings (SSSR count). The zero-order chi connectivity index (χ0) is 12.4. The fourth-order valence-electron chi connectivity index (χ4n) is 1.65. The van der Waals surface area contributed by atoms with Gasteiger partial charge < -0.3 is 4.42 Å². The van der Waals surface area contributed by atoms with E-state index in [9.17, 15) is 0 Å². The van der Waals surface area contributed by atoms with Gasteiger partial charge in [-0.3, -0.25) is 4.98 Å². The lowest BCUT2D eigenvalue weighted by molar-refractivity contribution is 0.619. The zero-order valence-electron chi connectivity index (χ0n) is 9.20. The van der Waals surface area contributed by atoms with Crippen molar-refractivity contribution >= 4 is 34.2 Å². The smallest absolute Gasteiger partial charge is 0.228 e. The Balaban J connectivity index is 2.14. The van der Waals surface area contributed by atoms with E-state index >= 15 is 0 Å². The van der Waals surface area contributed by atoms with Gasteiger partial charge in [-0.2, -0.15) is 4.99 Å². The number of fused-ring (bicyclic) bond motifs is 1. The Hall–Kier alpha value is -2.36. The Bertz CT molecular complexity index is 745. The van der Waals surface area contributed by atoms with E-state index < -0.39 is 0 Å². The first-order valence-electron chi connectivity index (χ1n) is 5.26. The molecule has 0 atom stereocenters. The summed E-state index contributed by atoms with van der Waals surface area (Å²) >= 11 is 4.57. The molecule has 0 unspecified atom stereocenters. The van der Waals surface area contributed by atoms with Crippen LogP contribution in [-0.4, -0.2) is 15.1 Å². The van der Waals surface area contributed by atoms with Gasteiger partial charge in [0.05, 0.1) is 16.4 Å². The highest BCUT2D eigenvalue weighted by Gasteiger charge is 2.08. The van der Waals surface area contributed by atoms with Crippen LogP contribution >= 0.6 is 12.2 Å². The summed E-state index contributed by atoms with van der Waals surface area (Å²) in [6.45, 7) is 0. The average Bonchev–Trinajstić information content (AvgIpc) is 2.83. The topological polar surface area (TPSA) is 51.3 Å². The van der Waals surface area contributed by atoms with Crippen LogP contribution in [0.3, 0.4) is 0 Å². The maximum Gasteiger partial charge on any atom is 0.228 e. The number of isothiocyanates is 1. The lowest BCUT2D eigenvalue weighted by Gasteiger charge is -1.90. The van der Waals surface area contributed by atoms with Crippen LogP contribution in [0.5, 0.6) is 0 Å². The molecule has 0 saturated carbocycles. The molecule has 3 aromatic rings. The molecule has 86 valence electrons. The van der Waals surface area contributed by atoms with Crippen LogP contribution in [-0.2, 0) is 0 Å². The lowest BCUT2D eigenvalue weighted by Crippen LogP contribution is -1.77. The Morgan fingerprint density at radius 3 is 3.00 bits per heavy atom. The minimum absolute atomic E-state index is 0.543. The van der Waals surface area contributed by atoms with Crippen molar-refractivity contribution in [3.05, 3.63) is 42.7 Å². The van der Waals surface area contributed by atoms with Gasteiger partial charge in [-0.25, -0.2) is 4.98 Å². The van der Waals surface area contributed by atoms with E-state index in [-0.39, 0.29) is 0 Å². The van der Waals surface area contributed by atoms with Gasteiger partial charge >= 0.3 is 0 Å². The van der Waals surface area contributed by atoms with E-state index in [1.165, 1.54) is 0 Å². The first kappa shape index (κ1) is 10.8. The van der Waals surface area contributed by atoms with Crippen molar-refractivity contribution in [2.75, 3.05) is 0 Å². The molecular weight excluding hydrogens is 246 g/mol. The molecule has 1 aromatic carbocycles. The number of rotatable bonds is 2. The van der Waals surface area contributed by atoms with E-state index in [1.807, 2.05) is 18.2 Å². The molecule has 2 heterocycles. The van der Waals surface area contributed by atoms with Gasteiger partial charge in [-0.05, 0) is 42.5 Å². The SMILES string of the molecule is S=C=Nc1ccc2oc(-c3cccnc3)nc2c1. The maximum absolute atomic E-state index is 5.65. The molecule has 0 bridgehead atoms. The van der Waals surface area contributed by atoms with E-state index in [4.69, 9.17) is 4.42 Å². The molecule has 0 amide bonds. The Morgan fingerprint density at radius 2 is 2.22 bits per heavy atom. The second-order valence-electron chi connectivity index (χ2n) is 3.62. The lowest BCUT2D eigenvalue weighted by atomic mass is 10.3. The summed E-state index contributed by atoms with van der Waals surface area (Å²) < 4.78 is 5.65. The van der Waals surface area contributed by atoms with Crippen LogP contribution in [0.4, 0.5) is 5.69 Å². The second kappa shape index (κ2) is 4.49. The van der Waals surface area contributed by atoms with Crippen LogP contribution in [0, 0.1) is 0 Å². The van der Waals surface area contributed by atoms with Crippen LogP contribution < -0.4 is 0 Å². The second-order valence-corrected chi connectivity index (χ2v) is 3.80. The quantitative estimate of drug-likeness (QED) is 0.517. The molecule has 2 aromatic heterocycles. The van der Waals surface area contributed by atoms with Crippen molar-refractivity contribution in [1.82, 2.24) is 9.97 Å². The van der Waals surface area contributed by atoms with Crippen LogP contribution in [0.15, 0.2) is 52.1 Å². The summed E-state index contributed by atoms with van der Waals surface area (Å²) in [5.41, 5.74) is 3.00. The molecule has 0 spiro atoms. The standard InChI is InChI=1S/C13H7N3OS/c18-8-15-10-3-4-12-11(6-10)16-13(17-12)9-2-1-5-14-7-9/h1-7H. The van der Waals surface area contributed by atoms with Crippen molar-refractivity contribution < 1.29 is 4.42 Å². The van der Waals surface area contributed by atoms with Gasteiger partial charge in [0.2, 0.25) is 5.89 Å². The zero-order valence-corrected chi connectivity index (χ0v) is 10.0. The van der Waals surface area contributed by atoms with Gasteiger partial charge in [0.1, 0.15) is 5.52 Å². The highest BCUT2D eigenvalue weighted by Crippen LogP contribution is 2.26. The van der Waals surface area contributed by atoms with Gasteiger partial charge in [0.25, 0.3) is 0 Å². The van der Waals surface area contributed by atoms with E-state index in [2.05, 4.69) is 32.3 Å². The predicted octanol–water partition coefficient (Wildman–Crippen LogP) is 3.62. The monoisotopic (exact) mass is 253 g/mol. The number of hydrogen-bond donors (Lipinski definition) is 0. The number of pyridine rings is 1. The molecule has 0 aliphatic rings. The van der Waals surface area contributed by atoms with Gasteiger partial charge in [-0.1, -0.05) is 0 Å². The highest BCUT2D eigenvalue weighted by atomic mass is 32.1. The van der Waals surface area contributed by atoms with Gasteiger partial charge in [0, 0.05) is 12.4 Å². The molecule has 0 aliphatic carbocycles. The number of oxazole rings is 1. The van der Waals surface area contributed by atoms with Crippen molar-refractivity contribution in [1.29, 1.82) is 0 Å². The minimum atomic E-state index is 0.543. The van der Waals surface area contributed by atoms with E-state index in [1.54, 1.807) is 24.5 Å². The van der Waals surface area contributed by atoms with Crippen molar-refractivity contribution in [3.8, 4) is 11.5 Å². The maximum atomic E-state index is 5.65. The van der Waals surface area contributed by atoms with Crippen LogP contribution in [0.2, 0.25) is 0 Å². The number of benzene rings is 1. The number of aliphatic imine (C=N–C) groups is 1. The first-order chi connectivity index (χ1) is 8.86. The van der Waals surface area contributed by atoms with Crippen LogP contribution in [0.1, 0.15) is 0 Å². The molecular formula is C13H7N3OS. The summed E-state index contributed by atoms with van der Waals surface area (Å²) in [7, 11) is 0. The minimum Gasteiger partial charge on any atom is -0.436 e. The van der Waals surface area contributed by atoms with Crippen molar-refractivity contribution in [3.63, 3.8) is 0 Å². The number of hydrogen-bond acceptors (Lipinski definition) is 5. The van der Waals surface area contributed by atoms with Gasteiger partial charge in [0.15, 0.2) is 5.58 Å². The highest BCUT2D eigenvalue weighted by molar-refractivity contribution is 7.78. The fourth-order valence-corrected chi connectivity index (χ4v) is 1.76. The van der Waals surface area contributed by atoms with Crippen molar-refractivity contribution in [2.45, 2.75) is 0 Å². The molecule has 0 aliphatic heterocycles. The van der Waals surface area contributed by atoms with Crippen molar-refractivity contribution in [2.24, 2.45) is 4.99 Å². The summed E-state index contributed by atoms with van der Waals surface area (Å²) in [5, 5.41) is 2.33. The average molecular weight is 253 g/mol. The van der Waals surface area contributed by atoms with Crippen LogP contribution in [0.25, 0.3) is 22.6 Å². The third kappa shape index (κ3) is 1.93. The number of thiocarbonyl (C=S) groups is 1. The van der Waals surface area contributed by atoms with E-state index in [0.29, 0.717) is 17.2 Å². The fraction of sp³-hybridized carbons (Fsp3) is 0. The molecule has 18 heavy (non-hydrogen) atoms. The Kier molecular flexibility index (Phi) is 2.68. The third-order valence-corrected chi connectivity index (χ3v) is 2.55. The first-order valence-corrected chi connectivity index (χ1v) is 5.66. The molecule has 0 saturated heterocycles. The molecule has 5 heteroatoms. The molecule has 4 nitrogen and oxygen atoms in total. The summed E-state index contributed by atoms with van der Waals surface area (Å²) in [5.74, 6) is 0.543.